The largest absolute Gasteiger partial charge is 0.464 e. The Bertz CT molecular complexity index is 517. The lowest BCUT2D eigenvalue weighted by Crippen LogP contribution is -2.09. The number of para-hydroxylation sites is 1. The molecule has 1 atom stereocenters. The highest BCUT2D eigenvalue weighted by Crippen LogP contribution is 2.27. The van der Waals surface area contributed by atoms with E-state index in [1.54, 1.807) is 0 Å². The van der Waals surface area contributed by atoms with Crippen molar-refractivity contribution in [1.29, 1.82) is 0 Å². The Balaban J connectivity index is 1.67. The highest BCUT2D eigenvalue weighted by Gasteiger charge is 2.12. The van der Waals surface area contributed by atoms with Gasteiger partial charge in [0.25, 0.3) is 0 Å². The van der Waals surface area contributed by atoms with E-state index in [0.717, 1.165) is 17.6 Å². The molecule has 2 aromatic rings. The minimum absolute atomic E-state index is 0.105. The van der Waals surface area contributed by atoms with Crippen LogP contribution in [-0.4, -0.2) is 0 Å². The molecule has 1 heterocycles. The molecule has 0 fully saturated rings. The summed E-state index contributed by atoms with van der Waals surface area (Å²) in [5.74, 6) is 0. The smallest absolute Gasteiger partial charge is 0.134 e. The molecular weight excluding hydrogens is 258 g/mol. The fraction of sp³-hybridized carbons (Fsp3) is 0.579. The molecule has 0 radical (unpaired) electrons. The average Bonchev–Trinajstić information content (AvgIpc) is 2.94. The van der Waals surface area contributed by atoms with Gasteiger partial charge < -0.3 is 10.2 Å². The van der Waals surface area contributed by atoms with Crippen molar-refractivity contribution < 1.29 is 4.42 Å². The van der Waals surface area contributed by atoms with Crippen LogP contribution in [0.1, 0.15) is 76.3 Å². The summed E-state index contributed by atoms with van der Waals surface area (Å²) in [6.45, 7) is 2.26. The normalized spacial score (nSPS) is 12.9. The standard InChI is InChI=1S/C19H29NO/c1-2-3-4-5-6-7-8-9-13-18(20)17-15-21-19-14-11-10-12-16(17)19/h10-12,14-15,18H,2-9,13,20H2,1H3. The Morgan fingerprint density at radius 3 is 2.38 bits per heavy atom. The van der Waals surface area contributed by atoms with Gasteiger partial charge in [0.1, 0.15) is 5.58 Å². The van der Waals surface area contributed by atoms with Crippen molar-refractivity contribution >= 4 is 11.0 Å². The average molecular weight is 287 g/mol. The molecule has 0 amide bonds. The number of furan rings is 1. The molecule has 2 rings (SSSR count). The van der Waals surface area contributed by atoms with Crippen molar-refractivity contribution in [2.24, 2.45) is 5.73 Å². The van der Waals surface area contributed by atoms with Crippen LogP contribution in [0.4, 0.5) is 0 Å². The molecule has 2 heteroatoms. The second-order valence-corrected chi connectivity index (χ2v) is 6.06. The van der Waals surface area contributed by atoms with E-state index in [2.05, 4.69) is 13.0 Å². The van der Waals surface area contributed by atoms with Crippen LogP contribution in [0, 0.1) is 0 Å². The van der Waals surface area contributed by atoms with E-state index in [9.17, 15) is 0 Å². The third-order valence-corrected chi connectivity index (χ3v) is 4.28. The van der Waals surface area contributed by atoms with Crippen molar-refractivity contribution in [2.75, 3.05) is 0 Å². The molecule has 1 aromatic carbocycles. The summed E-state index contributed by atoms with van der Waals surface area (Å²) in [5.41, 5.74) is 8.43. The molecule has 1 unspecified atom stereocenters. The van der Waals surface area contributed by atoms with Crippen LogP contribution >= 0.6 is 0 Å². The van der Waals surface area contributed by atoms with Gasteiger partial charge in [0, 0.05) is 17.0 Å². The Morgan fingerprint density at radius 1 is 0.952 bits per heavy atom. The highest BCUT2D eigenvalue weighted by atomic mass is 16.3. The van der Waals surface area contributed by atoms with Crippen LogP contribution in [0.15, 0.2) is 34.9 Å². The summed E-state index contributed by atoms with van der Waals surface area (Å²) in [6.07, 6.45) is 13.6. The molecular formula is C19H29NO. The minimum Gasteiger partial charge on any atom is -0.464 e. The number of benzene rings is 1. The van der Waals surface area contributed by atoms with Crippen LogP contribution in [0.2, 0.25) is 0 Å². The SMILES string of the molecule is CCCCCCCCCCC(N)c1coc2ccccc12. The van der Waals surface area contributed by atoms with E-state index in [1.165, 1.54) is 56.8 Å². The van der Waals surface area contributed by atoms with Crippen molar-refractivity contribution in [2.45, 2.75) is 70.8 Å². The van der Waals surface area contributed by atoms with Crippen molar-refractivity contribution in [3.8, 4) is 0 Å². The van der Waals surface area contributed by atoms with E-state index >= 15 is 0 Å². The molecule has 0 aliphatic carbocycles. The van der Waals surface area contributed by atoms with Gasteiger partial charge in [0.15, 0.2) is 0 Å². The summed E-state index contributed by atoms with van der Waals surface area (Å²) in [6, 6.07) is 8.25. The van der Waals surface area contributed by atoms with E-state index in [0.29, 0.717) is 0 Å². The highest BCUT2D eigenvalue weighted by molar-refractivity contribution is 5.81. The van der Waals surface area contributed by atoms with Crippen LogP contribution < -0.4 is 5.73 Å². The number of fused-ring (bicyclic) bond motifs is 1. The van der Waals surface area contributed by atoms with Crippen LogP contribution in [0.3, 0.4) is 0 Å². The van der Waals surface area contributed by atoms with Gasteiger partial charge in [-0.1, -0.05) is 76.5 Å². The van der Waals surface area contributed by atoms with Gasteiger partial charge >= 0.3 is 0 Å². The molecule has 0 aliphatic rings. The van der Waals surface area contributed by atoms with E-state index in [4.69, 9.17) is 10.2 Å². The topological polar surface area (TPSA) is 39.2 Å². The molecule has 2 N–H and O–H groups in total. The molecule has 2 nitrogen and oxygen atoms in total. The van der Waals surface area contributed by atoms with E-state index in [1.807, 2.05) is 24.5 Å². The van der Waals surface area contributed by atoms with Crippen LogP contribution in [0.25, 0.3) is 11.0 Å². The van der Waals surface area contributed by atoms with Crippen molar-refractivity contribution in [3.63, 3.8) is 0 Å². The van der Waals surface area contributed by atoms with Gasteiger partial charge in [-0.25, -0.2) is 0 Å². The fourth-order valence-corrected chi connectivity index (χ4v) is 2.94. The van der Waals surface area contributed by atoms with Crippen LogP contribution in [0.5, 0.6) is 0 Å². The number of unbranched alkanes of at least 4 members (excludes halogenated alkanes) is 7. The van der Waals surface area contributed by atoms with Gasteiger partial charge in [-0.05, 0) is 12.5 Å². The molecule has 0 saturated heterocycles. The lowest BCUT2D eigenvalue weighted by Gasteiger charge is -2.10. The zero-order valence-electron chi connectivity index (χ0n) is 13.3. The second kappa shape index (κ2) is 8.89. The third kappa shape index (κ3) is 4.89. The molecule has 0 aliphatic heterocycles. The number of hydrogen-bond donors (Lipinski definition) is 1. The first-order chi connectivity index (χ1) is 10.3. The predicted molar refractivity (Wildman–Crippen MR) is 90.4 cm³/mol. The Hall–Kier alpha value is -1.28. The maximum absolute atomic E-state index is 6.33. The first-order valence-electron chi connectivity index (χ1n) is 8.54. The second-order valence-electron chi connectivity index (χ2n) is 6.06. The van der Waals surface area contributed by atoms with Crippen molar-refractivity contribution in [3.05, 3.63) is 36.1 Å². The first kappa shape index (κ1) is 16.1. The lowest BCUT2D eigenvalue weighted by molar-refractivity contribution is 0.531. The van der Waals surface area contributed by atoms with Crippen LogP contribution in [-0.2, 0) is 0 Å². The summed E-state index contributed by atoms with van der Waals surface area (Å²) in [5, 5.41) is 1.17. The Labute approximate surface area is 128 Å². The maximum atomic E-state index is 6.33. The van der Waals surface area contributed by atoms with Gasteiger partial charge in [-0.15, -0.1) is 0 Å². The molecule has 116 valence electrons. The predicted octanol–water partition coefficient (Wildman–Crippen LogP) is 5.96. The molecule has 1 aromatic heterocycles. The Morgan fingerprint density at radius 2 is 1.62 bits per heavy atom. The minimum atomic E-state index is 0.105. The number of rotatable bonds is 10. The lowest BCUT2D eigenvalue weighted by atomic mass is 9.99. The summed E-state index contributed by atoms with van der Waals surface area (Å²) >= 11 is 0. The monoisotopic (exact) mass is 287 g/mol. The Kier molecular flexibility index (Phi) is 6.81. The molecule has 0 saturated carbocycles. The van der Waals surface area contributed by atoms with Gasteiger partial charge in [0.05, 0.1) is 6.26 Å². The first-order valence-corrected chi connectivity index (χ1v) is 8.54. The molecule has 0 bridgehead atoms. The van der Waals surface area contributed by atoms with Gasteiger partial charge in [0.2, 0.25) is 0 Å². The van der Waals surface area contributed by atoms with E-state index < -0.39 is 0 Å². The van der Waals surface area contributed by atoms with Gasteiger partial charge in [-0.2, -0.15) is 0 Å². The third-order valence-electron chi connectivity index (χ3n) is 4.28. The summed E-state index contributed by atoms with van der Waals surface area (Å²) in [4.78, 5) is 0. The zero-order chi connectivity index (χ0) is 14.9. The van der Waals surface area contributed by atoms with Gasteiger partial charge in [-0.3, -0.25) is 0 Å². The summed E-state index contributed by atoms with van der Waals surface area (Å²) in [7, 11) is 0. The number of hydrogen-bond acceptors (Lipinski definition) is 2. The number of nitrogens with two attached hydrogens (primary N) is 1. The quantitative estimate of drug-likeness (QED) is 0.547. The molecule has 21 heavy (non-hydrogen) atoms. The zero-order valence-corrected chi connectivity index (χ0v) is 13.3. The molecule has 0 spiro atoms. The van der Waals surface area contributed by atoms with Crippen molar-refractivity contribution in [1.82, 2.24) is 0 Å². The summed E-state index contributed by atoms with van der Waals surface area (Å²) < 4.78 is 5.57. The van der Waals surface area contributed by atoms with E-state index in [-0.39, 0.29) is 6.04 Å². The maximum Gasteiger partial charge on any atom is 0.134 e. The fourth-order valence-electron chi connectivity index (χ4n) is 2.94.